The first-order valence-corrected chi connectivity index (χ1v) is 6.59. The molecule has 18 heavy (non-hydrogen) atoms. The van der Waals surface area contributed by atoms with E-state index >= 15 is 0 Å². The van der Waals surface area contributed by atoms with Crippen molar-refractivity contribution in [1.82, 2.24) is 9.97 Å². The molecule has 0 bridgehead atoms. The molecule has 0 aliphatic carbocycles. The number of hydrogen-bond acceptors (Lipinski definition) is 5. The normalized spacial score (nSPS) is 12.2. The van der Waals surface area contributed by atoms with Gasteiger partial charge in [-0.25, -0.2) is 9.97 Å². The Kier molecular flexibility index (Phi) is 6.43. The van der Waals surface area contributed by atoms with E-state index in [-0.39, 0.29) is 6.61 Å². The number of anilines is 2. The van der Waals surface area contributed by atoms with Crippen LogP contribution < -0.4 is 10.6 Å². The largest absolute Gasteiger partial charge is 0.396 e. The van der Waals surface area contributed by atoms with Crippen molar-refractivity contribution in [1.29, 1.82) is 0 Å². The Balaban J connectivity index is 2.74. The second-order valence-corrected chi connectivity index (χ2v) is 4.55. The summed E-state index contributed by atoms with van der Waals surface area (Å²) in [6, 6.07) is 0. The molecule has 0 radical (unpaired) electrons. The van der Waals surface area contributed by atoms with E-state index in [0.29, 0.717) is 5.92 Å². The highest BCUT2D eigenvalue weighted by atomic mass is 16.3. The zero-order valence-corrected chi connectivity index (χ0v) is 11.5. The highest BCUT2D eigenvalue weighted by Crippen LogP contribution is 2.21. The van der Waals surface area contributed by atoms with Gasteiger partial charge in [-0.1, -0.05) is 20.3 Å². The maximum absolute atomic E-state index is 8.89. The van der Waals surface area contributed by atoms with E-state index in [1.165, 1.54) is 0 Å². The van der Waals surface area contributed by atoms with Crippen LogP contribution in [0.3, 0.4) is 0 Å². The van der Waals surface area contributed by atoms with Gasteiger partial charge in [-0.15, -0.1) is 0 Å². The number of aromatic nitrogens is 2. The summed E-state index contributed by atoms with van der Waals surface area (Å²) in [5, 5.41) is 15.3. The van der Waals surface area contributed by atoms with Crippen LogP contribution in [0.1, 0.15) is 32.3 Å². The molecule has 0 aromatic carbocycles. The molecule has 1 rings (SSSR count). The topological polar surface area (TPSA) is 70.1 Å². The van der Waals surface area contributed by atoms with E-state index in [1.807, 2.05) is 7.05 Å². The summed E-state index contributed by atoms with van der Waals surface area (Å²) in [7, 11) is 1.87. The van der Waals surface area contributed by atoms with Crippen molar-refractivity contribution >= 4 is 11.6 Å². The minimum absolute atomic E-state index is 0.232. The lowest BCUT2D eigenvalue weighted by Crippen LogP contribution is -2.15. The summed E-state index contributed by atoms with van der Waals surface area (Å²) in [4.78, 5) is 8.55. The molecular weight excluding hydrogens is 228 g/mol. The van der Waals surface area contributed by atoms with E-state index in [1.54, 1.807) is 6.33 Å². The molecule has 1 atom stereocenters. The smallest absolute Gasteiger partial charge is 0.134 e. The van der Waals surface area contributed by atoms with Crippen LogP contribution in [-0.4, -0.2) is 35.3 Å². The van der Waals surface area contributed by atoms with E-state index in [0.717, 1.165) is 43.0 Å². The van der Waals surface area contributed by atoms with Crippen molar-refractivity contribution < 1.29 is 5.11 Å². The molecule has 3 N–H and O–H groups in total. The van der Waals surface area contributed by atoms with Gasteiger partial charge in [-0.3, -0.25) is 0 Å². The molecule has 0 amide bonds. The number of aliphatic hydroxyl groups is 1. The van der Waals surface area contributed by atoms with Crippen molar-refractivity contribution in [3.63, 3.8) is 0 Å². The highest BCUT2D eigenvalue weighted by molar-refractivity contribution is 5.57. The standard InChI is InChI=1S/C13H24N4O/c1-4-5-11-12(14-3)16-9-17-13(11)15-8-10(2)6-7-18/h9-10,18H,4-8H2,1-3H3,(H2,14,15,16,17). The molecule has 102 valence electrons. The van der Waals surface area contributed by atoms with Crippen LogP contribution in [0.4, 0.5) is 11.6 Å². The lowest BCUT2D eigenvalue weighted by atomic mass is 10.1. The first kappa shape index (κ1) is 14.7. The molecule has 0 saturated heterocycles. The van der Waals surface area contributed by atoms with Gasteiger partial charge in [0, 0.05) is 25.8 Å². The van der Waals surface area contributed by atoms with E-state index in [9.17, 15) is 0 Å². The lowest BCUT2D eigenvalue weighted by Gasteiger charge is -2.16. The molecule has 0 fully saturated rings. The third kappa shape index (κ3) is 4.14. The van der Waals surface area contributed by atoms with Gasteiger partial charge in [0.25, 0.3) is 0 Å². The number of rotatable bonds is 8. The molecule has 1 aromatic rings. The Morgan fingerprint density at radius 2 is 2.06 bits per heavy atom. The van der Waals surface area contributed by atoms with Gasteiger partial charge >= 0.3 is 0 Å². The van der Waals surface area contributed by atoms with Crippen LogP contribution in [0, 0.1) is 5.92 Å². The Morgan fingerprint density at radius 1 is 1.33 bits per heavy atom. The molecule has 1 unspecified atom stereocenters. The molecular formula is C13H24N4O. The molecule has 5 nitrogen and oxygen atoms in total. The van der Waals surface area contributed by atoms with Crippen LogP contribution in [0.2, 0.25) is 0 Å². The fourth-order valence-electron chi connectivity index (χ4n) is 1.86. The van der Waals surface area contributed by atoms with Crippen molar-refractivity contribution in [3.05, 3.63) is 11.9 Å². The van der Waals surface area contributed by atoms with Crippen LogP contribution >= 0.6 is 0 Å². The number of aliphatic hydroxyl groups excluding tert-OH is 1. The molecule has 5 heteroatoms. The minimum Gasteiger partial charge on any atom is -0.396 e. The minimum atomic E-state index is 0.232. The van der Waals surface area contributed by atoms with Crippen LogP contribution in [0.15, 0.2) is 6.33 Å². The quantitative estimate of drug-likeness (QED) is 0.659. The summed E-state index contributed by atoms with van der Waals surface area (Å²) in [5.74, 6) is 2.22. The van der Waals surface area contributed by atoms with Crippen molar-refractivity contribution in [3.8, 4) is 0 Å². The average Bonchev–Trinajstić information content (AvgIpc) is 2.38. The van der Waals surface area contributed by atoms with E-state index in [4.69, 9.17) is 5.11 Å². The molecule has 0 aliphatic heterocycles. The van der Waals surface area contributed by atoms with E-state index in [2.05, 4.69) is 34.4 Å². The van der Waals surface area contributed by atoms with Gasteiger partial charge in [0.2, 0.25) is 0 Å². The third-order valence-electron chi connectivity index (χ3n) is 2.92. The highest BCUT2D eigenvalue weighted by Gasteiger charge is 2.10. The van der Waals surface area contributed by atoms with Crippen LogP contribution in [-0.2, 0) is 6.42 Å². The third-order valence-corrected chi connectivity index (χ3v) is 2.92. The second kappa shape index (κ2) is 7.87. The zero-order chi connectivity index (χ0) is 13.4. The second-order valence-electron chi connectivity index (χ2n) is 4.55. The summed E-state index contributed by atoms with van der Waals surface area (Å²) < 4.78 is 0. The van der Waals surface area contributed by atoms with Crippen molar-refractivity contribution in [2.75, 3.05) is 30.8 Å². The molecule has 1 heterocycles. The molecule has 0 aliphatic rings. The molecule has 0 spiro atoms. The number of nitrogens with zero attached hydrogens (tertiary/aromatic N) is 2. The predicted molar refractivity (Wildman–Crippen MR) is 74.9 cm³/mol. The Bertz CT molecular complexity index is 357. The van der Waals surface area contributed by atoms with Gasteiger partial charge < -0.3 is 15.7 Å². The first-order chi connectivity index (χ1) is 8.72. The summed E-state index contributed by atoms with van der Waals surface area (Å²) in [6.45, 7) is 5.31. The average molecular weight is 252 g/mol. The predicted octanol–water partition coefficient (Wildman–Crippen LogP) is 1.90. The van der Waals surface area contributed by atoms with Gasteiger partial charge in [-0.05, 0) is 18.8 Å². The lowest BCUT2D eigenvalue weighted by molar-refractivity contribution is 0.266. The van der Waals surface area contributed by atoms with Crippen molar-refractivity contribution in [2.45, 2.75) is 33.1 Å². The van der Waals surface area contributed by atoms with Crippen molar-refractivity contribution in [2.24, 2.45) is 5.92 Å². The van der Waals surface area contributed by atoms with Crippen LogP contribution in [0.25, 0.3) is 0 Å². The zero-order valence-electron chi connectivity index (χ0n) is 11.5. The van der Waals surface area contributed by atoms with Gasteiger partial charge in [0.1, 0.15) is 18.0 Å². The van der Waals surface area contributed by atoms with E-state index < -0.39 is 0 Å². The summed E-state index contributed by atoms with van der Waals surface area (Å²) in [6.07, 6.45) is 4.39. The molecule has 0 saturated carbocycles. The Hall–Kier alpha value is -1.36. The Morgan fingerprint density at radius 3 is 2.67 bits per heavy atom. The van der Waals surface area contributed by atoms with Gasteiger partial charge in [0.05, 0.1) is 0 Å². The fourth-order valence-corrected chi connectivity index (χ4v) is 1.86. The van der Waals surface area contributed by atoms with Gasteiger partial charge in [-0.2, -0.15) is 0 Å². The van der Waals surface area contributed by atoms with Gasteiger partial charge in [0.15, 0.2) is 0 Å². The first-order valence-electron chi connectivity index (χ1n) is 6.59. The number of hydrogen-bond donors (Lipinski definition) is 3. The maximum Gasteiger partial charge on any atom is 0.134 e. The summed E-state index contributed by atoms with van der Waals surface area (Å²) in [5.41, 5.74) is 1.14. The maximum atomic E-state index is 8.89. The fraction of sp³-hybridized carbons (Fsp3) is 0.692. The van der Waals surface area contributed by atoms with Crippen LogP contribution in [0.5, 0.6) is 0 Å². The number of nitrogens with one attached hydrogen (secondary N) is 2. The SMILES string of the molecule is CCCc1c(NC)ncnc1NCC(C)CCO. The summed E-state index contributed by atoms with van der Waals surface area (Å²) >= 11 is 0. The molecule has 1 aromatic heterocycles. The monoisotopic (exact) mass is 252 g/mol. The Labute approximate surface area is 109 Å².